The van der Waals surface area contributed by atoms with Crippen LogP contribution in [-0.2, 0) is 0 Å². The van der Waals surface area contributed by atoms with Gasteiger partial charge in [0.15, 0.2) is 0 Å². The van der Waals surface area contributed by atoms with E-state index in [2.05, 4.69) is 12.2 Å². The summed E-state index contributed by atoms with van der Waals surface area (Å²) in [6.45, 7) is 6.77. The first-order chi connectivity index (χ1) is 13.7. The van der Waals surface area contributed by atoms with Crippen LogP contribution in [0.2, 0.25) is 6.04 Å². The summed E-state index contributed by atoms with van der Waals surface area (Å²) < 4.78 is 0. The van der Waals surface area contributed by atoms with Crippen molar-refractivity contribution >= 4 is 8.80 Å². The van der Waals surface area contributed by atoms with Crippen molar-refractivity contribution in [3.63, 3.8) is 0 Å². The van der Waals surface area contributed by atoms with Gasteiger partial charge in [0.25, 0.3) is 0 Å². The van der Waals surface area contributed by atoms with Crippen molar-refractivity contribution in [3.8, 4) is 0 Å². The Bertz CT molecular complexity index is 357. The summed E-state index contributed by atoms with van der Waals surface area (Å²) in [6, 6.07) is -0.347. The quantitative estimate of drug-likeness (QED) is 0.132. The first kappa shape index (κ1) is 29.0. The molecule has 0 saturated heterocycles. The van der Waals surface area contributed by atoms with Gasteiger partial charge in [-0.1, -0.05) is 103 Å². The highest BCUT2D eigenvalue weighted by Gasteiger charge is 2.37. The van der Waals surface area contributed by atoms with Crippen molar-refractivity contribution in [3.05, 3.63) is 0 Å². The molecule has 0 bridgehead atoms. The van der Waals surface area contributed by atoms with Gasteiger partial charge in [-0.25, -0.2) is 0 Å². The summed E-state index contributed by atoms with van der Waals surface area (Å²) in [6.07, 6.45) is 21.6. The Labute approximate surface area is 182 Å². The van der Waals surface area contributed by atoms with Gasteiger partial charge in [-0.05, 0) is 26.8 Å². The fraction of sp³-hybridized carbons (Fsp3) is 1.00. The van der Waals surface area contributed by atoms with Crippen molar-refractivity contribution in [1.29, 1.82) is 0 Å². The van der Waals surface area contributed by atoms with E-state index < -0.39 is 14.3 Å². The predicted molar refractivity (Wildman–Crippen MR) is 127 cm³/mol. The molecule has 0 saturated carbocycles. The van der Waals surface area contributed by atoms with Crippen LogP contribution in [0.25, 0.3) is 0 Å². The summed E-state index contributed by atoms with van der Waals surface area (Å²) in [5.74, 6) is 0. The molecule has 0 aromatic rings. The molecule has 0 aromatic carbocycles. The first-order valence-electron chi connectivity index (χ1n) is 12.4. The Morgan fingerprint density at radius 3 is 1.34 bits per heavy atom. The Kier molecular flexibility index (Phi) is 17.7. The van der Waals surface area contributed by atoms with Gasteiger partial charge in [-0.2, -0.15) is 0 Å². The highest BCUT2D eigenvalue weighted by atomic mass is 28.4. The third kappa shape index (κ3) is 21.0. The molecule has 176 valence electrons. The SMILES string of the molecule is CCCCCCCCCCCCCCCCCCNC(C[Si](O)(O)O)C(C)(C)N. The van der Waals surface area contributed by atoms with Crippen LogP contribution in [0, 0.1) is 0 Å². The normalized spacial score (nSPS) is 13.8. The minimum atomic E-state index is -4.08. The van der Waals surface area contributed by atoms with Crippen LogP contribution in [0.4, 0.5) is 0 Å². The topological polar surface area (TPSA) is 98.7 Å². The molecule has 0 aromatic heterocycles. The molecule has 0 radical (unpaired) electrons. The molecule has 0 fully saturated rings. The largest absolute Gasteiger partial charge is 0.494 e. The molecule has 0 heterocycles. The van der Waals surface area contributed by atoms with Crippen molar-refractivity contribution < 1.29 is 14.4 Å². The van der Waals surface area contributed by atoms with E-state index in [0.717, 1.165) is 13.0 Å². The van der Waals surface area contributed by atoms with Gasteiger partial charge >= 0.3 is 8.80 Å². The van der Waals surface area contributed by atoms with Gasteiger partial charge in [0.1, 0.15) is 0 Å². The molecule has 5 nitrogen and oxygen atoms in total. The smallest absolute Gasteiger partial charge is 0.390 e. The molecule has 0 rings (SSSR count). The zero-order valence-electron chi connectivity index (χ0n) is 19.7. The monoisotopic (exact) mass is 432 g/mol. The molecule has 0 aliphatic carbocycles. The number of unbranched alkanes of at least 4 members (excludes halogenated alkanes) is 15. The van der Waals surface area contributed by atoms with Crippen LogP contribution < -0.4 is 11.1 Å². The van der Waals surface area contributed by atoms with E-state index in [1.807, 2.05) is 13.8 Å². The van der Waals surface area contributed by atoms with E-state index in [1.54, 1.807) is 0 Å². The van der Waals surface area contributed by atoms with Gasteiger partial charge in [0, 0.05) is 17.6 Å². The number of hydrogen-bond acceptors (Lipinski definition) is 5. The van der Waals surface area contributed by atoms with Crippen LogP contribution in [-0.4, -0.2) is 41.3 Å². The molecule has 6 N–H and O–H groups in total. The maximum Gasteiger partial charge on any atom is 0.494 e. The third-order valence-corrected chi connectivity index (χ3v) is 6.75. The fourth-order valence-electron chi connectivity index (χ4n) is 3.82. The highest BCUT2D eigenvalue weighted by Crippen LogP contribution is 2.15. The number of rotatable bonds is 21. The zero-order valence-corrected chi connectivity index (χ0v) is 20.7. The van der Waals surface area contributed by atoms with Gasteiger partial charge in [-0.15, -0.1) is 0 Å². The minimum absolute atomic E-state index is 0.0602. The van der Waals surface area contributed by atoms with E-state index >= 15 is 0 Å². The molecular formula is C23H52N2O3Si. The van der Waals surface area contributed by atoms with Gasteiger partial charge < -0.3 is 25.4 Å². The predicted octanol–water partition coefficient (Wildman–Crippen LogP) is 4.86. The number of nitrogens with one attached hydrogen (secondary N) is 1. The Morgan fingerprint density at radius 2 is 1.03 bits per heavy atom. The summed E-state index contributed by atoms with van der Waals surface area (Å²) in [4.78, 5) is 28.0. The average molecular weight is 433 g/mol. The fourth-order valence-corrected chi connectivity index (χ4v) is 5.04. The molecule has 0 spiro atoms. The van der Waals surface area contributed by atoms with Crippen molar-refractivity contribution in [2.24, 2.45) is 5.73 Å². The van der Waals surface area contributed by atoms with Crippen LogP contribution in [0.1, 0.15) is 124 Å². The third-order valence-electron chi connectivity index (χ3n) is 5.80. The van der Waals surface area contributed by atoms with Gasteiger partial charge in [0.2, 0.25) is 0 Å². The summed E-state index contributed by atoms with van der Waals surface area (Å²) in [5.41, 5.74) is 5.49. The zero-order chi connectivity index (χ0) is 22.0. The van der Waals surface area contributed by atoms with E-state index in [0.29, 0.717) is 0 Å². The van der Waals surface area contributed by atoms with E-state index in [9.17, 15) is 14.4 Å². The van der Waals surface area contributed by atoms with Crippen molar-refractivity contribution in [2.45, 2.75) is 141 Å². The van der Waals surface area contributed by atoms with Crippen molar-refractivity contribution in [1.82, 2.24) is 5.32 Å². The summed E-state index contributed by atoms with van der Waals surface area (Å²) >= 11 is 0. The van der Waals surface area contributed by atoms with E-state index in [4.69, 9.17) is 5.73 Å². The van der Waals surface area contributed by atoms with Crippen molar-refractivity contribution in [2.75, 3.05) is 6.54 Å². The van der Waals surface area contributed by atoms with E-state index in [-0.39, 0.29) is 12.1 Å². The number of nitrogens with two attached hydrogens (primary N) is 1. The maximum absolute atomic E-state index is 9.35. The first-order valence-corrected chi connectivity index (χ1v) is 14.4. The van der Waals surface area contributed by atoms with Crippen LogP contribution in [0.3, 0.4) is 0 Å². The molecule has 0 aliphatic rings. The Hall–Kier alpha value is 0.0169. The second-order valence-electron chi connectivity index (χ2n) is 9.61. The summed E-state index contributed by atoms with van der Waals surface area (Å²) in [5, 5.41) is 3.30. The lowest BCUT2D eigenvalue weighted by atomic mass is 9.97. The minimum Gasteiger partial charge on any atom is -0.390 e. The Morgan fingerprint density at radius 1 is 0.690 bits per heavy atom. The number of hydrogen-bond donors (Lipinski definition) is 5. The second kappa shape index (κ2) is 17.7. The van der Waals surface area contributed by atoms with Crippen LogP contribution in [0.15, 0.2) is 0 Å². The molecule has 29 heavy (non-hydrogen) atoms. The lowest BCUT2D eigenvalue weighted by Crippen LogP contribution is -2.57. The van der Waals surface area contributed by atoms with Crippen LogP contribution >= 0.6 is 0 Å². The lowest BCUT2D eigenvalue weighted by Gasteiger charge is -2.33. The van der Waals surface area contributed by atoms with Crippen LogP contribution in [0.5, 0.6) is 0 Å². The molecule has 1 atom stereocenters. The summed E-state index contributed by atoms with van der Waals surface area (Å²) in [7, 11) is -4.08. The maximum atomic E-state index is 9.35. The molecule has 6 heteroatoms. The standard InChI is InChI=1S/C23H52N2O3Si/c1-4-5-6-7-8-9-10-11-12-13-14-15-16-17-18-19-20-25-22(23(2,3)24)21-29(26,27)28/h22,25-28H,4-21,24H2,1-3H3. The molecule has 0 amide bonds. The lowest BCUT2D eigenvalue weighted by molar-refractivity contribution is 0.209. The Balaban J connectivity index is 3.42. The average Bonchev–Trinajstić information content (AvgIpc) is 2.61. The highest BCUT2D eigenvalue weighted by molar-refractivity contribution is 6.56. The van der Waals surface area contributed by atoms with E-state index in [1.165, 1.54) is 96.3 Å². The van der Waals surface area contributed by atoms with Gasteiger partial charge in [0.05, 0.1) is 0 Å². The van der Waals surface area contributed by atoms with Gasteiger partial charge in [-0.3, -0.25) is 0 Å². The molecule has 1 unspecified atom stereocenters. The molecule has 0 aliphatic heterocycles. The molecular weight excluding hydrogens is 380 g/mol. The second-order valence-corrected chi connectivity index (χ2v) is 11.6.